The van der Waals surface area contributed by atoms with Gasteiger partial charge in [0.2, 0.25) is 0 Å². The number of ether oxygens (including phenoxy) is 1. The number of nitrogens with zero attached hydrogens (tertiary/aromatic N) is 2. The van der Waals surface area contributed by atoms with E-state index in [-0.39, 0.29) is 0 Å². The molecule has 0 radical (unpaired) electrons. The van der Waals surface area contributed by atoms with Crippen LogP contribution in [-0.2, 0) is 11.2 Å². The first-order chi connectivity index (χ1) is 16.7. The maximum Gasteiger partial charge on any atom is 0.259 e. The molecular formula is C25H23ClN4O3S. The summed E-state index contributed by atoms with van der Waals surface area (Å²) in [5.74, 6) is 1.70. The quantitative estimate of drug-likeness (QED) is 0.232. The van der Waals surface area contributed by atoms with Crippen molar-refractivity contribution >= 4 is 46.9 Å². The third-order valence-electron chi connectivity index (χ3n) is 4.51. The van der Waals surface area contributed by atoms with Crippen LogP contribution in [0.15, 0.2) is 94.1 Å². The number of rotatable bonds is 7. The maximum absolute atomic E-state index is 8.00. The lowest BCUT2D eigenvalue weighted by Gasteiger charge is -2.12. The highest BCUT2D eigenvalue weighted by molar-refractivity contribution is 7.11. The lowest BCUT2D eigenvalue weighted by molar-refractivity contribution is -0.0979. The first-order valence-electron chi connectivity index (χ1n) is 10.1. The van der Waals surface area contributed by atoms with Gasteiger partial charge in [-0.3, -0.25) is 4.99 Å². The minimum atomic E-state index is 0.412. The molecule has 4 rings (SSSR count). The van der Waals surface area contributed by atoms with E-state index in [1.807, 2.05) is 67.6 Å². The van der Waals surface area contributed by atoms with Gasteiger partial charge in [-0.05, 0) is 64.1 Å². The molecule has 2 N–H and O–H groups in total. The molecule has 9 heteroatoms. The zero-order valence-corrected chi connectivity index (χ0v) is 20.0. The van der Waals surface area contributed by atoms with Crippen LogP contribution in [0, 0.1) is 0 Å². The Bertz CT molecular complexity index is 1190. The Morgan fingerprint density at radius 3 is 2.53 bits per heavy atom. The first-order valence-corrected chi connectivity index (χ1v) is 11.4. The van der Waals surface area contributed by atoms with Crippen LogP contribution < -0.4 is 15.4 Å². The number of carbonyl (C=O) groups excluding carboxylic acids is 1. The largest absolute Gasteiger partial charge is 0.436 e. The van der Waals surface area contributed by atoms with E-state index >= 15 is 0 Å². The molecule has 0 bridgehead atoms. The van der Waals surface area contributed by atoms with Crippen molar-refractivity contribution in [2.45, 2.75) is 6.42 Å². The number of carbonyl (C=O) groups is 1. The number of nitrogens with one attached hydrogen (secondary N) is 2. The maximum atomic E-state index is 8.00. The summed E-state index contributed by atoms with van der Waals surface area (Å²) in [6.45, 7) is 2.00. The van der Waals surface area contributed by atoms with Crippen LogP contribution in [0.1, 0.15) is 10.4 Å². The summed E-state index contributed by atoms with van der Waals surface area (Å²) in [5, 5.41) is 13.1. The van der Waals surface area contributed by atoms with Crippen LogP contribution in [0.25, 0.3) is 5.57 Å². The molecule has 0 aliphatic rings. The van der Waals surface area contributed by atoms with Crippen LogP contribution in [0.3, 0.4) is 0 Å². The monoisotopic (exact) mass is 494 g/mol. The fourth-order valence-corrected chi connectivity index (χ4v) is 3.79. The molecule has 2 heterocycles. The van der Waals surface area contributed by atoms with E-state index < -0.39 is 0 Å². The van der Waals surface area contributed by atoms with Gasteiger partial charge >= 0.3 is 0 Å². The predicted molar refractivity (Wildman–Crippen MR) is 138 cm³/mol. The lowest BCUT2D eigenvalue weighted by Crippen LogP contribution is -2.26. The van der Waals surface area contributed by atoms with Crippen molar-refractivity contribution < 1.29 is 14.1 Å². The second kappa shape index (κ2) is 13.0. The van der Waals surface area contributed by atoms with E-state index in [4.69, 9.17) is 25.7 Å². The molecule has 0 fully saturated rings. The zero-order chi connectivity index (χ0) is 24.2. The van der Waals surface area contributed by atoms with E-state index in [1.165, 1.54) is 16.7 Å². The number of benzene rings is 2. The summed E-state index contributed by atoms with van der Waals surface area (Å²) < 4.78 is 10.4. The molecule has 34 heavy (non-hydrogen) atoms. The molecule has 0 aliphatic heterocycles. The van der Waals surface area contributed by atoms with Gasteiger partial charge in [-0.2, -0.15) is 0 Å². The normalized spacial score (nSPS) is 11.4. The van der Waals surface area contributed by atoms with Gasteiger partial charge in [0.25, 0.3) is 5.88 Å². The highest BCUT2D eigenvalue weighted by atomic mass is 35.5. The fourth-order valence-electron chi connectivity index (χ4n) is 2.92. The van der Waals surface area contributed by atoms with Crippen molar-refractivity contribution in [3.63, 3.8) is 0 Å². The molecule has 0 saturated heterocycles. The summed E-state index contributed by atoms with van der Waals surface area (Å²) in [6.07, 6.45) is 4.22. The molecule has 0 atom stereocenters. The number of hydrogen-bond donors (Lipinski definition) is 2. The average Bonchev–Trinajstić information content (AvgIpc) is 3.59. The van der Waals surface area contributed by atoms with Crippen molar-refractivity contribution in [3.8, 4) is 11.6 Å². The zero-order valence-electron chi connectivity index (χ0n) is 18.4. The van der Waals surface area contributed by atoms with Gasteiger partial charge in [0.05, 0.1) is 0 Å². The van der Waals surface area contributed by atoms with Crippen molar-refractivity contribution in [1.82, 2.24) is 10.5 Å². The number of anilines is 1. The number of guanidine groups is 1. The Labute approximate surface area is 206 Å². The highest BCUT2D eigenvalue weighted by Gasteiger charge is 2.07. The lowest BCUT2D eigenvalue weighted by atomic mass is 10.0. The SMILES string of the molecule is C=O.CN=C(N/C=C(\Cc1ccc(Cl)cc1)c1cccs1)Nc1ccc(Oc2ccon2)cc1. The topological polar surface area (TPSA) is 88.8 Å². The number of hydrogen-bond acceptors (Lipinski definition) is 6. The summed E-state index contributed by atoms with van der Waals surface area (Å²) >= 11 is 7.73. The minimum Gasteiger partial charge on any atom is -0.436 e. The number of allylic oxidation sites excluding steroid dienone is 1. The van der Waals surface area contributed by atoms with Gasteiger partial charge in [0.1, 0.15) is 18.8 Å². The van der Waals surface area contributed by atoms with Gasteiger partial charge in [-0.1, -0.05) is 29.8 Å². The highest BCUT2D eigenvalue weighted by Crippen LogP contribution is 2.25. The Morgan fingerprint density at radius 2 is 1.91 bits per heavy atom. The Hall–Kier alpha value is -3.88. The Morgan fingerprint density at radius 1 is 1.15 bits per heavy atom. The predicted octanol–water partition coefficient (Wildman–Crippen LogP) is 6.27. The summed E-state index contributed by atoms with van der Waals surface area (Å²) in [7, 11) is 1.73. The fraction of sp³-hybridized carbons (Fsp3) is 0.0800. The second-order valence-corrected chi connectivity index (χ2v) is 8.14. The summed E-state index contributed by atoms with van der Waals surface area (Å²) in [5.41, 5.74) is 3.21. The molecule has 0 unspecified atom stereocenters. The third-order valence-corrected chi connectivity index (χ3v) is 5.70. The van der Waals surface area contributed by atoms with Crippen molar-refractivity contribution in [1.29, 1.82) is 0 Å². The molecule has 0 spiro atoms. The summed E-state index contributed by atoms with van der Waals surface area (Å²) in [4.78, 5) is 13.5. The van der Waals surface area contributed by atoms with Gasteiger partial charge in [0, 0.05) is 41.3 Å². The molecule has 0 saturated carbocycles. The molecule has 174 valence electrons. The van der Waals surface area contributed by atoms with E-state index in [1.54, 1.807) is 24.5 Å². The van der Waals surface area contributed by atoms with E-state index in [0.29, 0.717) is 17.6 Å². The van der Waals surface area contributed by atoms with Crippen molar-refractivity contribution in [2.24, 2.45) is 4.99 Å². The minimum absolute atomic E-state index is 0.412. The van der Waals surface area contributed by atoms with Gasteiger partial charge in [-0.25, -0.2) is 0 Å². The van der Waals surface area contributed by atoms with Gasteiger partial charge in [-0.15, -0.1) is 11.3 Å². The van der Waals surface area contributed by atoms with Crippen LogP contribution in [0.5, 0.6) is 11.6 Å². The standard InChI is InChI=1S/C24H21ClN4O2S.CH2O/c1-26-24(28-20-8-10-21(11-9-20)31-23-12-13-30-29-23)27-16-18(22-3-2-14-32-22)15-17-4-6-19(25)7-5-17;1-2/h2-14,16H,15H2,1H3,(H2,26,27,28);1H2/b18-16+;. The van der Waals surface area contributed by atoms with E-state index in [2.05, 4.69) is 32.2 Å². The number of aromatic nitrogens is 1. The van der Waals surface area contributed by atoms with Crippen LogP contribution in [0.4, 0.5) is 5.69 Å². The summed E-state index contributed by atoms with van der Waals surface area (Å²) in [6, 6.07) is 21.2. The average molecular weight is 495 g/mol. The molecule has 2 aromatic carbocycles. The molecule has 0 aliphatic carbocycles. The van der Waals surface area contributed by atoms with Gasteiger partial charge < -0.3 is 24.7 Å². The third kappa shape index (κ3) is 7.33. The van der Waals surface area contributed by atoms with Crippen LogP contribution in [0.2, 0.25) is 5.02 Å². The van der Waals surface area contributed by atoms with Crippen molar-refractivity contribution in [3.05, 3.63) is 100 Å². The molecular weight excluding hydrogens is 472 g/mol. The number of aliphatic imine (C=N–C) groups is 1. The van der Waals surface area contributed by atoms with Crippen LogP contribution in [-0.4, -0.2) is 25.0 Å². The molecule has 2 aromatic heterocycles. The molecule has 4 aromatic rings. The van der Waals surface area contributed by atoms with E-state index in [9.17, 15) is 0 Å². The number of thiophene rings is 1. The molecule has 0 amide bonds. The Kier molecular flexibility index (Phi) is 9.45. The smallest absolute Gasteiger partial charge is 0.259 e. The van der Waals surface area contributed by atoms with Crippen LogP contribution >= 0.6 is 22.9 Å². The van der Waals surface area contributed by atoms with Gasteiger partial charge in [0.15, 0.2) is 5.96 Å². The molecule has 7 nitrogen and oxygen atoms in total. The Balaban J connectivity index is 0.00000158. The van der Waals surface area contributed by atoms with Crippen molar-refractivity contribution in [2.75, 3.05) is 12.4 Å². The second-order valence-electron chi connectivity index (χ2n) is 6.76. The first kappa shape index (κ1) is 24.8. The number of halogens is 1. The van der Waals surface area contributed by atoms with E-state index in [0.717, 1.165) is 22.7 Å².